The average Bonchev–Trinajstić information content (AvgIpc) is 2.33. The molecule has 0 aliphatic heterocycles. The number of carboxylic acids is 1. The predicted molar refractivity (Wildman–Crippen MR) is 76.6 cm³/mol. The first-order valence-corrected chi connectivity index (χ1v) is 7.50. The first-order chi connectivity index (χ1) is 9.28. The fraction of sp³-hybridized carbons (Fsp3) is 0.867. The van der Waals surface area contributed by atoms with E-state index in [1.165, 1.54) is 32.1 Å². The van der Waals surface area contributed by atoms with Crippen molar-refractivity contribution in [3.63, 3.8) is 0 Å². The number of amides is 1. The third-order valence-corrected chi connectivity index (χ3v) is 3.58. The standard InChI is InChI=1S/C15H27NO4/c1-15(2,3)20-14(19)16-12(13(17)18)10-9-11-7-5-4-6-8-11/h11-12H,4-10H2,1-3H3,(H,16,19)(H,17,18)/t12-/m1/s1. The fourth-order valence-electron chi connectivity index (χ4n) is 2.59. The van der Waals surface area contributed by atoms with E-state index in [4.69, 9.17) is 4.74 Å². The maximum atomic E-state index is 11.6. The lowest BCUT2D eigenvalue weighted by Crippen LogP contribution is -2.43. The van der Waals surface area contributed by atoms with Gasteiger partial charge in [0.25, 0.3) is 0 Å². The summed E-state index contributed by atoms with van der Waals surface area (Å²) in [5.74, 6) is -0.391. The van der Waals surface area contributed by atoms with Crippen molar-refractivity contribution in [1.29, 1.82) is 0 Å². The third-order valence-electron chi connectivity index (χ3n) is 3.58. The van der Waals surface area contributed by atoms with Gasteiger partial charge in [-0.05, 0) is 39.5 Å². The minimum Gasteiger partial charge on any atom is -0.480 e. The first kappa shape index (κ1) is 16.8. The molecule has 1 aliphatic rings. The molecule has 0 aromatic heterocycles. The molecule has 0 unspecified atom stereocenters. The molecule has 0 bridgehead atoms. The van der Waals surface area contributed by atoms with E-state index in [1.807, 2.05) is 0 Å². The maximum absolute atomic E-state index is 11.6. The van der Waals surface area contributed by atoms with Crippen LogP contribution >= 0.6 is 0 Å². The van der Waals surface area contributed by atoms with Crippen LogP contribution in [0, 0.1) is 5.92 Å². The normalized spacial score (nSPS) is 18.4. The van der Waals surface area contributed by atoms with Crippen molar-refractivity contribution < 1.29 is 19.4 Å². The van der Waals surface area contributed by atoms with Crippen molar-refractivity contribution in [2.45, 2.75) is 77.4 Å². The maximum Gasteiger partial charge on any atom is 0.408 e. The highest BCUT2D eigenvalue weighted by Crippen LogP contribution is 2.27. The van der Waals surface area contributed by atoms with Crippen LogP contribution in [0.2, 0.25) is 0 Å². The van der Waals surface area contributed by atoms with E-state index < -0.39 is 23.7 Å². The Morgan fingerprint density at radius 1 is 1.25 bits per heavy atom. The second-order valence-electron chi connectivity index (χ2n) is 6.62. The molecule has 116 valence electrons. The zero-order valence-corrected chi connectivity index (χ0v) is 12.8. The molecule has 1 saturated carbocycles. The lowest BCUT2D eigenvalue weighted by molar-refractivity contribution is -0.139. The Labute approximate surface area is 121 Å². The topological polar surface area (TPSA) is 75.6 Å². The highest BCUT2D eigenvalue weighted by molar-refractivity contribution is 5.79. The Balaban J connectivity index is 2.39. The van der Waals surface area contributed by atoms with Crippen LogP contribution in [0.3, 0.4) is 0 Å². The van der Waals surface area contributed by atoms with Crippen LogP contribution in [0.15, 0.2) is 0 Å². The Hall–Kier alpha value is -1.26. The van der Waals surface area contributed by atoms with Crippen LogP contribution in [0.5, 0.6) is 0 Å². The van der Waals surface area contributed by atoms with Gasteiger partial charge in [0.2, 0.25) is 0 Å². The van der Waals surface area contributed by atoms with E-state index >= 15 is 0 Å². The Kier molecular flexibility index (Phi) is 6.30. The summed E-state index contributed by atoms with van der Waals surface area (Å²) in [5, 5.41) is 11.6. The van der Waals surface area contributed by atoms with Gasteiger partial charge in [0, 0.05) is 0 Å². The molecular weight excluding hydrogens is 258 g/mol. The minimum atomic E-state index is -0.994. The van der Waals surface area contributed by atoms with Crippen LogP contribution in [0.4, 0.5) is 4.79 Å². The molecule has 1 aliphatic carbocycles. The van der Waals surface area contributed by atoms with E-state index in [1.54, 1.807) is 20.8 Å². The number of aliphatic carboxylic acids is 1. The minimum absolute atomic E-state index is 0.471. The number of carbonyl (C=O) groups excluding carboxylic acids is 1. The second kappa shape index (κ2) is 7.50. The molecule has 0 aromatic carbocycles. The van der Waals surface area contributed by atoms with Crippen LogP contribution in [-0.2, 0) is 9.53 Å². The molecule has 0 heterocycles. The van der Waals surface area contributed by atoms with Gasteiger partial charge in [0.15, 0.2) is 0 Å². The number of hydrogen-bond donors (Lipinski definition) is 2. The molecule has 0 radical (unpaired) electrons. The van der Waals surface area contributed by atoms with Crippen molar-refractivity contribution in [3.05, 3.63) is 0 Å². The van der Waals surface area contributed by atoms with Crippen molar-refractivity contribution >= 4 is 12.1 Å². The van der Waals surface area contributed by atoms with Crippen LogP contribution in [0.1, 0.15) is 65.7 Å². The van der Waals surface area contributed by atoms with Crippen LogP contribution < -0.4 is 5.32 Å². The Morgan fingerprint density at radius 2 is 1.85 bits per heavy atom. The van der Waals surface area contributed by atoms with Gasteiger partial charge in [-0.15, -0.1) is 0 Å². The summed E-state index contributed by atoms with van der Waals surface area (Å²) in [6.45, 7) is 5.26. The summed E-state index contributed by atoms with van der Waals surface area (Å²) >= 11 is 0. The van der Waals surface area contributed by atoms with Crippen LogP contribution in [-0.4, -0.2) is 28.8 Å². The number of rotatable bonds is 5. The molecule has 0 aromatic rings. The van der Waals surface area contributed by atoms with Gasteiger partial charge < -0.3 is 15.2 Å². The summed E-state index contributed by atoms with van der Waals surface area (Å²) < 4.78 is 5.10. The largest absolute Gasteiger partial charge is 0.480 e. The van der Waals surface area contributed by atoms with Gasteiger partial charge in [0.1, 0.15) is 11.6 Å². The van der Waals surface area contributed by atoms with E-state index in [-0.39, 0.29) is 0 Å². The predicted octanol–water partition coefficient (Wildman–Crippen LogP) is 3.32. The molecule has 5 nitrogen and oxygen atoms in total. The SMILES string of the molecule is CC(C)(C)OC(=O)N[C@H](CCC1CCCCC1)C(=O)O. The van der Waals surface area contributed by atoms with Crippen LogP contribution in [0.25, 0.3) is 0 Å². The summed E-state index contributed by atoms with van der Waals surface area (Å²) in [6.07, 6.45) is 6.79. The molecule has 0 spiro atoms. The number of ether oxygens (including phenoxy) is 1. The van der Waals surface area contributed by atoms with E-state index in [0.717, 1.165) is 6.42 Å². The third kappa shape index (κ3) is 6.78. The molecular formula is C15H27NO4. The number of nitrogens with one attached hydrogen (secondary N) is 1. The first-order valence-electron chi connectivity index (χ1n) is 7.50. The summed E-state index contributed by atoms with van der Waals surface area (Å²) in [4.78, 5) is 22.8. The van der Waals surface area contributed by atoms with Crippen molar-refractivity contribution in [1.82, 2.24) is 5.32 Å². The fourth-order valence-corrected chi connectivity index (χ4v) is 2.59. The zero-order chi connectivity index (χ0) is 15.2. The highest BCUT2D eigenvalue weighted by Gasteiger charge is 2.25. The summed E-state index contributed by atoms with van der Waals surface area (Å²) in [7, 11) is 0. The Morgan fingerprint density at radius 3 is 2.35 bits per heavy atom. The van der Waals surface area contributed by atoms with Gasteiger partial charge in [-0.3, -0.25) is 0 Å². The molecule has 1 amide bonds. The molecule has 1 fully saturated rings. The van der Waals surface area contributed by atoms with E-state index in [0.29, 0.717) is 12.3 Å². The van der Waals surface area contributed by atoms with Crippen molar-refractivity contribution in [2.75, 3.05) is 0 Å². The zero-order valence-electron chi connectivity index (χ0n) is 12.8. The lowest BCUT2D eigenvalue weighted by Gasteiger charge is -2.24. The smallest absolute Gasteiger partial charge is 0.408 e. The molecule has 20 heavy (non-hydrogen) atoms. The lowest BCUT2D eigenvalue weighted by atomic mass is 9.85. The number of alkyl carbamates (subject to hydrolysis) is 1. The molecule has 1 rings (SSSR count). The van der Waals surface area contributed by atoms with E-state index in [9.17, 15) is 14.7 Å². The molecule has 1 atom stereocenters. The number of hydrogen-bond acceptors (Lipinski definition) is 3. The molecule has 5 heteroatoms. The Bertz CT molecular complexity index is 329. The number of carbonyl (C=O) groups is 2. The summed E-state index contributed by atoms with van der Waals surface area (Å²) in [6, 6.07) is -0.855. The van der Waals surface area contributed by atoms with Gasteiger partial charge in [0.05, 0.1) is 0 Å². The number of carboxylic acid groups (broad SMARTS) is 1. The van der Waals surface area contributed by atoms with Gasteiger partial charge in [-0.2, -0.15) is 0 Å². The average molecular weight is 285 g/mol. The van der Waals surface area contributed by atoms with Crippen molar-refractivity contribution in [2.24, 2.45) is 5.92 Å². The molecule has 2 N–H and O–H groups in total. The summed E-state index contributed by atoms with van der Waals surface area (Å²) in [5.41, 5.74) is -0.615. The quantitative estimate of drug-likeness (QED) is 0.812. The molecule has 0 saturated heterocycles. The highest BCUT2D eigenvalue weighted by atomic mass is 16.6. The van der Waals surface area contributed by atoms with Crippen molar-refractivity contribution in [3.8, 4) is 0 Å². The van der Waals surface area contributed by atoms with Gasteiger partial charge >= 0.3 is 12.1 Å². The van der Waals surface area contributed by atoms with Gasteiger partial charge in [-0.1, -0.05) is 32.1 Å². The second-order valence-corrected chi connectivity index (χ2v) is 6.62. The monoisotopic (exact) mass is 285 g/mol. The van der Waals surface area contributed by atoms with E-state index in [2.05, 4.69) is 5.32 Å². The van der Waals surface area contributed by atoms with Gasteiger partial charge in [-0.25, -0.2) is 9.59 Å².